The van der Waals surface area contributed by atoms with Crippen LogP contribution in [0.5, 0.6) is 5.75 Å². The number of phenols is 1. The topological polar surface area (TPSA) is 80.7 Å². The van der Waals surface area contributed by atoms with Gasteiger partial charge in [0.25, 0.3) is 0 Å². The van der Waals surface area contributed by atoms with Gasteiger partial charge in [0, 0.05) is 41.5 Å². The third-order valence-electron chi connectivity index (χ3n) is 4.66. The van der Waals surface area contributed by atoms with E-state index in [1.807, 2.05) is 44.3 Å². The zero-order valence-electron chi connectivity index (χ0n) is 16.0. The maximum Gasteiger partial charge on any atom is 0.177 e. The summed E-state index contributed by atoms with van der Waals surface area (Å²) in [5.41, 5.74) is 3.76. The Bertz CT molecular complexity index is 1070. The van der Waals surface area contributed by atoms with Crippen LogP contribution in [0.15, 0.2) is 54.4 Å². The van der Waals surface area contributed by atoms with Gasteiger partial charge in [0.2, 0.25) is 0 Å². The minimum Gasteiger partial charge on any atom is -0.507 e. The molecule has 0 spiro atoms. The summed E-state index contributed by atoms with van der Waals surface area (Å²) in [6.07, 6.45) is 1.87. The first-order valence-electron chi connectivity index (χ1n) is 8.86. The molecule has 0 amide bonds. The van der Waals surface area contributed by atoms with Crippen LogP contribution in [0.4, 0.5) is 11.4 Å². The minimum absolute atomic E-state index is 0.0563. The zero-order chi connectivity index (χ0) is 20.4. The van der Waals surface area contributed by atoms with Gasteiger partial charge < -0.3 is 15.4 Å². The highest BCUT2D eigenvalue weighted by Gasteiger charge is 2.22. The molecule has 0 saturated heterocycles. The number of anilines is 1. The lowest BCUT2D eigenvalue weighted by Crippen LogP contribution is -2.36. The van der Waals surface area contributed by atoms with Crippen LogP contribution in [0.25, 0.3) is 16.6 Å². The number of aromatic amines is 1. The van der Waals surface area contributed by atoms with E-state index >= 15 is 0 Å². The van der Waals surface area contributed by atoms with Gasteiger partial charge in [0.1, 0.15) is 11.4 Å². The van der Waals surface area contributed by atoms with Crippen molar-refractivity contribution >= 4 is 45.3 Å². The second kappa shape index (κ2) is 7.82. The lowest BCUT2D eigenvalue weighted by Gasteiger charge is -2.28. The zero-order valence-corrected chi connectivity index (χ0v) is 16.8. The fraction of sp³-hybridized carbons (Fsp3) is 0.190. The van der Waals surface area contributed by atoms with Gasteiger partial charge in [0.15, 0.2) is 5.11 Å². The van der Waals surface area contributed by atoms with Gasteiger partial charge in [-0.3, -0.25) is 4.90 Å². The van der Waals surface area contributed by atoms with Crippen LogP contribution < -0.4 is 10.2 Å². The largest absolute Gasteiger partial charge is 0.507 e. The van der Waals surface area contributed by atoms with Gasteiger partial charge in [-0.1, -0.05) is 20.4 Å². The summed E-state index contributed by atoms with van der Waals surface area (Å²) < 4.78 is 0. The Morgan fingerprint density at radius 2 is 2.04 bits per heavy atom. The maximum atomic E-state index is 11.1. The molecule has 6 nitrogen and oxygen atoms in total. The molecular formula is C21H22N4O2S. The SMILES string of the molecule is C=C(c1cc(C(C)C)c(N=O)cc1O)N(C(=S)NC)c1ccc2[nH]ccc2c1. The highest BCUT2D eigenvalue weighted by molar-refractivity contribution is 7.80. The average molecular weight is 395 g/mol. The summed E-state index contributed by atoms with van der Waals surface area (Å²) in [5, 5.41) is 18.0. The van der Waals surface area contributed by atoms with E-state index in [1.54, 1.807) is 18.0 Å². The van der Waals surface area contributed by atoms with Crippen molar-refractivity contribution in [3.8, 4) is 5.75 Å². The summed E-state index contributed by atoms with van der Waals surface area (Å²) in [4.78, 5) is 16.1. The number of nitroso groups, excluding NO2 is 1. The standard InChI is InChI=1S/C21H22N4O2S/c1-12(2)16-10-17(20(26)11-19(16)24-27)13(3)25(21(28)22-4)15-5-6-18-14(9-15)7-8-23-18/h5-12,23,26H,3H2,1-2,4H3,(H,22,28). The molecule has 1 aromatic heterocycles. The van der Waals surface area contributed by atoms with Crippen LogP contribution in [-0.4, -0.2) is 22.3 Å². The van der Waals surface area contributed by atoms with Gasteiger partial charge in [-0.15, -0.1) is 4.91 Å². The number of nitrogens with zero attached hydrogens (tertiary/aromatic N) is 2. The minimum atomic E-state index is -0.0735. The lowest BCUT2D eigenvalue weighted by molar-refractivity contribution is 0.473. The molecule has 0 fully saturated rings. The van der Waals surface area contributed by atoms with E-state index in [1.165, 1.54) is 6.07 Å². The average Bonchev–Trinajstić information content (AvgIpc) is 3.15. The van der Waals surface area contributed by atoms with Crippen LogP contribution in [0.2, 0.25) is 0 Å². The smallest absolute Gasteiger partial charge is 0.177 e. The fourth-order valence-corrected chi connectivity index (χ4v) is 3.39. The number of benzene rings is 2. The number of fused-ring (bicyclic) bond motifs is 1. The van der Waals surface area contributed by atoms with Crippen LogP contribution in [0.3, 0.4) is 0 Å². The highest BCUT2D eigenvalue weighted by atomic mass is 32.1. The van der Waals surface area contributed by atoms with Crippen molar-refractivity contribution in [2.45, 2.75) is 19.8 Å². The van der Waals surface area contributed by atoms with Crippen molar-refractivity contribution in [2.24, 2.45) is 5.18 Å². The van der Waals surface area contributed by atoms with Gasteiger partial charge >= 0.3 is 0 Å². The Morgan fingerprint density at radius 1 is 1.29 bits per heavy atom. The molecule has 3 rings (SSSR count). The normalized spacial score (nSPS) is 10.9. The second-order valence-electron chi connectivity index (χ2n) is 6.76. The molecule has 3 aromatic rings. The van der Waals surface area contributed by atoms with E-state index in [9.17, 15) is 10.0 Å². The Labute approximate surface area is 168 Å². The fourth-order valence-electron chi connectivity index (χ4n) is 3.17. The third kappa shape index (κ3) is 3.48. The van der Waals surface area contributed by atoms with E-state index < -0.39 is 0 Å². The number of nitrogens with one attached hydrogen (secondary N) is 2. The number of thiocarbonyl (C=S) groups is 1. The third-order valence-corrected chi connectivity index (χ3v) is 5.04. The molecule has 0 aliphatic carbocycles. The lowest BCUT2D eigenvalue weighted by atomic mass is 9.96. The van der Waals surface area contributed by atoms with Crippen molar-refractivity contribution in [2.75, 3.05) is 11.9 Å². The van der Waals surface area contributed by atoms with Gasteiger partial charge in [-0.2, -0.15) is 0 Å². The van der Waals surface area contributed by atoms with E-state index in [-0.39, 0.29) is 17.4 Å². The molecule has 3 N–H and O–H groups in total. The Kier molecular flexibility index (Phi) is 5.46. The first-order chi connectivity index (χ1) is 13.4. The summed E-state index contributed by atoms with van der Waals surface area (Å²) in [5.74, 6) is -0.0172. The van der Waals surface area contributed by atoms with Crippen molar-refractivity contribution < 1.29 is 5.11 Å². The van der Waals surface area contributed by atoms with Crippen molar-refractivity contribution in [1.82, 2.24) is 10.3 Å². The molecule has 7 heteroatoms. The molecular weight excluding hydrogens is 372 g/mol. The van der Waals surface area contributed by atoms with E-state index in [0.29, 0.717) is 16.4 Å². The number of hydrogen-bond acceptors (Lipinski definition) is 4. The van der Waals surface area contributed by atoms with E-state index in [4.69, 9.17) is 12.2 Å². The van der Waals surface area contributed by atoms with Crippen molar-refractivity contribution in [3.05, 3.63) is 65.2 Å². The molecule has 0 aliphatic rings. The van der Waals surface area contributed by atoms with Crippen molar-refractivity contribution in [3.63, 3.8) is 0 Å². The summed E-state index contributed by atoms with van der Waals surface area (Å²) in [7, 11) is 1.73. The first kappa shape index (κ1) is 19.6. The summed E-state index contributed by atoms with van der Waals surface area (Å²) >= 11 is 5.51. The van der Waals surface area contributed by atoms with Gasteiger partial charge in [0.05, 0.1) is 5.70 Å². The highest BCUT2D eigenvalue weighted by Crippen LogP contribution is 2.38. The predicted octanol–water partition coefficient (Wildman–Crippen LogP) is 5.38. The number of phenolic OH excluding ortho intramolecular Hbond substituents is 1. The molecule has 0 atom stereocenters. The molecule has 28 heavy (non-hydrogen) atoms. The summed E-state index contributed by atoms with van der Waals surface area (Å²) in [6, 6.07) is 11.0. The van der Waals surface area contributed by atoms with Gasteiger partial charge in [-0.05, 0) is 59.2 Å². The molecule has 0 bridgehead atoms. The van der Waals surface area contributed by atoms with Crippen molar-refractivity contribution in [1.29, 1.82) is 0 Å². The van der Waals surface area contributed by atoms with Crippen LogP contribution in [0, 0.1) is 4.91 Å². The molecule has 0 radical (unpaired) electrons. The summed E-state index contributed by atoms with van der Waals surface area (Å²) in [6.45, 7) is 8.10. The van der Waals surface area contributed by atoms with Crippen LogP contribution in [0.1, 0.15) is 30.9 Å². The molecule has 0 unspecified atom stereocenters. The Hall–Kier alpha value is -3.19. The number of hydrogen-bond donors (Lipinski definition) is 3. The van der Waals surface area contributed by atoms with Gasteiger partial charge in [-0.25, -0.2) is 0 Å². The molecule has 2 aromatic carbocycles. The van der Waals surface area contributed by atoms with Crippen LogP contribution >= 0.6 is 12.2 Å². The second-order valence-corrected chi connectivity index (χ2v) is 7.15. The molecule has 0 aliphatic heterocycles. The van der Waals surface area contributed by atoms with E-state index in [2.05, 4.69) is 22.1 Å². The monoisotopic (exact) mass is 394 g/mol. The number of aromatic nitrogens is 1. The first-order valence-corrected chi connectivity index (χ1v) is 9.26. The Balaban J connectivity index is 2.13. The molecule has 144 valence electrons. The number of H-pyrrole nitrogens is 1. The molecule has 0 saturated carbocycles. The Morgan fingerprint density at radius 3 is 2.68 bits per heavy atom. The maximum absolute atomic E-state index is 11.1. The quantitative estimate of drug-likeness (QED) is 0.400. The van der Waals surface area contributed by atoms with Crippen LogP contribution in [-0.2, 0) is 0 Å². The number of aromatic hydroxyl groups is 1. The molecule has 1 heterocycles. The number of rotatable bonds is 5. The van der Waals surface area contributed by atoms with E-state index in [0.717, 1.165) is 22.2 Å². The predicted molar refractivity (Wildman–Crippen MR) is 119 cm³/mol.